The highest BCUT2D eigenvalue weighted by atomic mass is 16.2. The molecule has 1 N–H and O–H groups in total. The Balaban J connectivity index is 1.37. The second kappa shape index (κ2) is 10.3. The number of carbonyl (C=O) groups is 1. The predicted molar refractivity (Wildman–Crippen MR) is 135 cm³/mol. The molecule has 176 valence electrons. The Labute approximate surface area is 199 Å². The summed E-state index contributed by atoms with van der Waals surface area (Å²) in [5.74, 6) is 0.200. The largest absolute Gasteiger partial charge is 0.332 e. The summed E-state index contributed by atoms with van der Waals surface area (Å²) in [7, 11) is 0. The predicted octanol–water partition coefficient (Wildman–Crippen LogP) is 6.05. The van der Waals surface area contributed by atoms with Gasteiger partial charge >= 0.3 is 0 Å². The molecule has 2 aromatic rings. The maximum absolute atomic E-state index is 13.6. The molecule has 2 heterocycles. The topological polar surface area (TPSA) is 35.6 Å². The molecule has 3 aliphatic rings. The zero-order valence-corrected chi connectivity index (χ0v) is 19.9. The summed E-state index contributed by atoms with van der Waals surface area (Å²) in [6, 6.07) is 21.7. The van der Waals surface area contributed by atoms with E-state index in [9.17, 15) is 4.79 Å². The number of anilines is 1. The van der Waals surface area contributed by atoms with E-state index in [2.05, 4.69) is 69.7 Å². The molecule has 1 saturated carbocycles. The monoisotopic (exact) mass is 445 g/mol. The third-order valence-corrected chi connectivity index (χ3v) is 8.28. The van der Waals surface area contributed by atoms with E-state index >= 15 is 0 Å². The average Bonchev–Trinajstić information content (AvgIpc) is 3.15. The molecule has 0 aromatic heterocycles. The Hall–Kier alpha value is -2.33. The molecule has 2 saturated heterocycles. The molecule has 1 atom stereocenters. The van der Waals surface area contributed by atoms with E-state index in [1.54, 1.807) is 0 Å². The summed E-state index contributed by atoms with van der Waals surface area (Å²) in [5, 5.41) is 3.38. The normalized spacial score (nSPS) is 25.2. The van der Waals surface area contributed by atoms with Crippen molar-refractivity contribution in [3.8, 4) is 0 Å². The summed E-state index contributed by atoms with van der Waals surface area (Å²) in [5.41, 5.74) is 1.83. The van der Waals surface area contributed by atoms with E-state index in [4.69, 9.17) is 0 Å². The first-order chi connectivity index (χ1) is 16.3. The van der Waals surface area contributed by atoms with Crippen molar-refractivity contribution in [2.24, 2.45) is 0 Å². The van der Waals surface area contributed by atoms with Crippen LogP contribution in [0, 0.1) is 0 Å². The van der Waals surface area contributed by atoms with Gasteiger partial charge in [0.1, 0.15) is 11.7 Å². The van der Waals surface area contributed by atoms with Crippen molar-refractivity contribution >= 4 is 11.6 Å². The van der Waals surface area contributed by atoms with Crippen LogP contribution in [0.2, 0.25) is 0 Å². The fourth-order valence-electron chi connectivity index (χ4n) is 6.41. The molecule has 0 unspecified atom stereocenters. The minimum atomic E-state index is -0.464. The highest BCUT2D eigenvalue weighted by Crippen LogP contribution is 2.44. The van der Waals surface area contributed by atoms with Crippen LogP contribution in [0.4, 0.5) is 5.69 Å². The number of rotatable bonds is 3. The number of likely N-dealkylation sites (tertiary alicyclic amines) is 1. The van der Waals surface area contributed by atoms with Crippen molar-refractivity contribution < 1.29 is 4.79 Å². The molecule has 4 heteroatoms. The maximum Gasteiger partial charge on any atom is 0.247 e. The van der Waals surface area contributed by atoms with E-state index in [1.165, 1.54) is 57.8 Å². The summed E-state index contributed by atoms with van der Waals surface area (Å²) in [4.78, 5) is 18.7. The van der Waals surface area contributed by atoms with Gasteiger partial charge in [0.15, 0.2) is 0 Å². The van der Waals surface area contributed by atoms with Gasteiger partial charge in [-0.1, -0.05) is 93.5 Å². The van der Waals surface area contributed by atoms with E-state index in [1.807, 2.05) is 6.07 Å². The van der Waals surface area contributed by atoms with Gasteiger partial charge in [0.25, 0.3) is 0 Å². The van der Waals surface area contributed by atoms with Gasteiger partial charge in [-0.2, -0.15) is 0 Å². The minimum Gasteiger partial charge on any atom is -0.332 e. The molecular formula is C29H39N3O. The van der Waals surface area contributed by atoms with Gasteiger partial charge in [0.2, 0.25) is 5.91 Å². The molecule has 0 bridgehead atoms. The lowest BCUT2D eigenvalue weighted by molar-refractivity contribution is -0.125. The standard InChI is InChI=1S/C29H39N3O/c33-28-29(20-22-31(23-21-29)25-16-10-4-2-1-3-5-11-17-25)32(26-18-12-7-13-19-26)27(30-28)24-14-8-6-9-15-24/h6-9,12-15,18-19,25,27H,1-5,10-11,16-17,20-23H2,(H,30,33)/t27-/m1/s1. The van der Waals surface area contributed by atoms with Gasteiger partial charge in [-0.15, -0.1) is 0 Å². The number of amides is 1. The number of nitrogens with zero attached hydrogens (tertiary/aromatic N) is 2. The number of hydrogen-bond acceptors (Lipinski definition) is 3. The molecule has 2 aliphatic heterocycles. The number of carbonyl (C=O) groups excluding carboxylic acids is 1. The van der Waals surface area contributed by atoms with Crippen molar-refractivity contribution in [3.05, 3.63) is 66.2 Å². The van der Waals surface area contributed by atoms with Gasteiger partial charge in [-0.25, -0.2) is 0 Å². The van der Waals surface area contributed by atoms with Gasteiger partial charge in [-0.3, -0.25) is 4.79 Å². The lowest BCUT2D eigenvalue weighted by Gasteiger charge is -2.47. The van der Waals surface area contributed by atoms with Crippen LogP contribution in [0.25, 0.3) is 0 Å². The summed E-state index contributed by atoms with van der Waals surface area (Å²) in [6.45, 7) is 2.03. The number of nitrogens with one attached hydrogen (secondary N) is 1. The number of para-hydroxylation sites is 1. The molecule has 1 spiro atoms. The summed E-state index contributed by atoms with van der Waals surface area (Å²) in [6.07, 6.45) is 14.1. The first-order valence-electron chi connectivity index (χ1n) is 13.2. The summed E-state index contributed by atoms with van der Waals surface area (Å²) < 4.78 is 0. The van der Waals surface area contributed by atoms with E-state index < -0.39 is 5.54 Å². The zero-order valence-electron chi connectivity index (χ0n) is 19.9. The Morgan fingerprint density at radius 2 is 1.27 bits per heavy atom. The van der Waals surface area contributed by atoms with Crippen LogP contribution in [-0.2, 0) is 4.79 Å². The van der Waals surface area contributed by atoms with Gasteiger partial charge < -0.3 is 15.1 Å². The number of piperidine rings is 1. The maximum atomic E-state index is 13.6. The van der Waals surface area contributed by atoms with Crippen LogP contribution in [-0.4, -0.2) is 35.5 Å². The van der Waals surface area contributed by atoms with Crippen LogP contribution in [0.3, 0.4) is 0 Å². The highest BCUT2D eigenvalue weighted by molar-refractivity contribution is 5.94. The zero-order chi connectivity index (χ0) is 22.5. The van der Waals surface area contributed by atoms with Crippen molar-refractivity contribution in [1.29, 1.82) is 0 Å². The second-order valence-electron chi connectivity index (χ2n) is 10.3. The fraction of sp³-hybridized carbons (Fsp3) is 0.552. The van der Waals surface area contributed by atoms with Crippen molar-refractivity contribution in [3.63, 3.8) is 0 Å². The molecule has 2 aromatic carbocycles. The first-order valence-corrected chi connectivity index (χ1v) is 13.2. The number of benzene rings is 2. The lowest BCUT2D eigenvalue weighted by atomic mass is 9.84. The third-order valence-electron chi connectivity index (χ3n) is 8.28. The Bertz CT molecular complexity index is 882. The van der Waals surface area contributed by atoms with Gasteiger partial charge in [-0.05, 0) is 43.4 Å². The SMILES string of the molecule is O=C1N[C@@H](c2ccccc2)N(c2ccccc2)C12CCN(C1CCCCCCCCC1)CC2. The Kier molecular flexibility index (Phi) is 7.01. The molecule has 0 radical (unpaired) electrons. The Morgan fingerprint density at radius 3 is 1.88 bits per heavy atom. The minimum absolute atomic E-state index is 0.110. The smallest absolute Gasteiger partial charge is 0.247 e. The van der Waals surface area contributed by atoms with Crippen molar-refractivity contribution in [1.82, 2.24) is 10.2 Å². The van der Waals surface area contributed by atoms with Crippen LogP contribution in [0.5, 0.6) is 0 Å². The first kappa shape index (κ1) is 22.5. The molecule has 5 rings (SSSR count). The van der Waals surface area contributed by atoms with Crippen LogP contribution >= 0.6 is 0 Å². The molecule has 3 fully saturated rings. The van der Waals surface area contributed by atoms with E-state index in [-0.39, 0.29) is 12.1 Å². The van der Waals surface area contributed by atoms with E-state index in [0.717, 1.165) is 37.2 Å². The molecule has 1 aliphatic carbocycles. The molecule has 33 heavy (non-hydrogen) atoms. The van der Waals surface area contributed by atoms with Crippen LogP contribution in [0.1, 0.15) is 82.4 Å². The Morgan fingerprint density at radius 1 is 0.727 bits per heavy atom. The van der Waals surface area contributed by atoms with Gasteiger partial charge in [0, 0.05) is 24.8 Å². The lowest BCUT2D eigenvalue weighted by Crippen LogP contribution is -2.58. The average molecular weight is 446 g/mol. The van der Waals surface area contributed by atoms with Gasteiger partial charge in [0.05, 0.1) is 0 Å². The highest BCUT2D eigenvalue weighted by Gasteiger charge is 2.55. The summed E-state index contributed by atoms with van der Waals surface area (Å²) >= 11 is 0. The van der Waals surface area contributed by atoms with Crippen molar-refractivity contribution in [2.45, 2.75) is 88.4 Å². The molecular weight excluding hydrogens is 406 g/mol. The van der Waals surface area contributed by atoms with Crippen molar-refractivity contribution in [2.75, 3.05) is 18.0 Å². The quantitative estimate of drug-likeness (QED) is 0.625. The molecule has 4 nitrogen and oxygen atoms in total. The third kappa shape index (κ3) is 4.68. The van der Waals surface area contributed by atoms with Crippen LogP contribution in [0.15, 0.2) is 60.7 Å². The number of hydrogen-bond donors (Lipinski definition) is 1. The fourth-order valence-corrected chi connectivity index (χ4v) is 6.41. The molecule has 1 amide bonds. The van der Waals surface area contributed by atoms with Crippen LogP contribution < -0.4 is 10.2 Å². The van der Waals surface area contributed by atoms with E-state index in [0.29, 0.717) is 6.04 Å². The second-order valence-corrected chi connectivity index (χ2v) is 10.3.